The van der Waals surface area contributed by atoms with E-state index in [1.807, 2.05) is 24.3 Å². The molecule has 106 valence electrons. The first-order valence-corrected chi connectivity index (χ1v) is 7.53. The van der Waals surface area contributed by atoms with Gasteiger partial charge >= 0.3 is 0 Å². The molecule has 0 radical (unpaired) electrons. The lowest BCUT2D eigenvalue weighted by Crippen LogP contribution is -2.13. The van der Waals surface area contributed by atoms with E-state index in [1.54, 1.807) is 6.07 Å². The quantitative estimate of drug-likeness (QED) is 0.821. The van der Waals surface area contributed by atoms with Crippen LogP contribution >= 0.6 is 23.2 Å². The fraction of sp³-hybridized carbons (Fsp3) is 0.294. The molecule has 0 spiro atoms. The summed E-state index contributed by atoms with van der Waals surface area (Å²) in [6.07, 6.45) is 1.05. The highest BCUT2D eigenvalue weighted by atomic mass is 35.5. The summed E-state index contributed by atoms with van der Waals surface area (Å²) >= 11 is 12.3. The molecule has 0 aliphatic rings. The van der Waals surface area contributed by atoms with Crippen LogP contribution in [0.25, 0.3) is 0 Å². The minimum absolute atomic E-state index is 0.256. The SMILES string of the molecule is CC(C)Cc1cccc(C(N)c2cccc(Cl)c2Cl)c1. The van der Waals surface area contributed by atoms with E-state index in [4.69, 9.17) is 28.9 Å². The Kier molecular flexibility index (Phi) is 5.09. The van der Waals surface area contributed by atoms with Crippen LogP contribution in [-0.4, -0.2) is 0 Å². The zero-order valence-corrected chi connectivity index (χ0v) is 13.2. The normalized spacial score (nSPS) is 12.7. The number of rotatable bonds is 4. The van der Waals surface area contributed by atoms with Gasteiger partial charge in [-0.3, -0.25) is 0 Å². The van der Waals surface area contributed by atoms with Gasteiger partial charge in [-0.25, -0.2) is 0 Å². The molecule has 0 saturated carbocycles. The van der Waals surface area contributed by atoms with Gasteiger partial charge in [0.25, 0.3) is 0 Å². The van der Waals surface area contributed by atoms with Crippen molar-refractivity contribution in [1.82, 2.24) is 0 Å². The van der Waals surface area contributed by atoms with Crippen molar-refractivity contribution < 1.29 is 0 Å². The molecule has 2 aromatic carbocycles. The summed E-state index contributed by atoms with van der Waals surface area (Å²) in [5.41, 5.74) is 9.56. The Morgan fingerprint density at radius 2 is 1.75 bits per heavy atom. The number of benzene rings is 2. The molecule has 0 aliphatic carbocycles. The maximum atomic E-state index is 6.34. The van der Waals surface area contributed by atoms with Crippen molar-refractivity contribution in [1.29, 1.82) is 0 Å². The lowest BCUT2D eigenvalue weighted by Gasteiger charge is -2.16. The molecule has 2 rings (SSSR count). The van der Waals surface area contributed by atoms with Crippen molar-refractivity contribution in [2.75, 3.05) is 0 Å². The van der Waals surface area contributed by atoms with Crippen LogP contribution in [0.2, 0.25) is 10.0 Å². The number of halogens is 2. The van der Waals surface area contributed by atoms with Crippen molar-refractivity contribution in [2.45, 2.75) is 26.3 Å². The van der Waals surface area contributed by atoms with E-state index in [0.717, 1.165) is 17.5 Å². The summed E-state index contributed by atoms with van der Waals surface area (Å²) in [6.45, 7) is 4.42. The molecule has 1 atom stereocenters. The number of nitrogens with two attached hydrogens (primary N) is 1. The van der Waals surface area contributed by atoms with Crippen LogP contribution in [0.4, 0.5) is 0 Å². The second kappa shape index (κ2) is 6.62. The average Bonchev–Trinajstić information content (AvgIpc) is 2.41. The summed E-state index contributed by atoms with van der Waals surface area (Å²) in [5.74, 6) is 0.622. The first-order valence-electron chi connectivity index (χ1n) is 6.77. The van der Waals surface area contributed by atoms with Crippen LogP contribution in [-0.2, 0) is 6.42 Å². The molecule has 2 N–H and O–H groups in total. The molecule has 2 aromatic rings. The van der Waals surface area contributed by atoms with Crippen molar-refractivity contribution in [3.05, 3.63) is 69.2 Å². The average molecular weight is 308 g/mol. The summed E-state index contributed by atoms with van der Waals surface area (Å²) in [7, 11) is 0. The summed E-state index contributed by atoms with van der Waals surface area (Å²) in [6, 6.07) is 13.7. The minimum Gasteiger partial charge on any atom is -0.320 e. The standard InChI is InChI=1S/C17H19Cl2N/c1-11(2)9-12-5-3-6-13(10-12)17(20)14-7-4-8-15(18)16(14)19/h3-8,10-11,17H,9,20H2,1-2H3. The van der Waals surface area contributed by atoms with E-state index in [0.29, 0.717) is 16.0 Å². The molecular formula is C17H19Cl2N. The maximum absolute atomic E-state index is 6.34. The van der Waals surface area contributed by atoms with E-state index in [1.165, 1.54) is 5.56 Å². The number of hydrogen-bond donors (Lipinski definition) is 1. The van der Waals surface area contributed by atoms with Gasteiger partial charge in [0.1, 0.15) is 0 Å². The monoisotopic (exact) mass is 307 g/mol. The van der Waals surface area contributed by atoms with Gasteiger partial charge in [0.15, 0.2) is 0 Å². The van der Waals surface area contributed by atoms with Crippen LogP contribution in [0.5, 0.6) is 0 Å². The van der Waals surface area contributed by atoms with Gasteiger partial charge in [0, 0.05) is 0 Å². The second-order valence-electron chi connectivity index (χ2n) is 5.46. The van der Waals surface area contributed by atoms with E-state index in [2.05, 4.69) is 26.0 Å². The zero-order chi connectivity index (χ0) is 14.7. The van der Waals surface area contributed by atoms with Crippen molar-refractivity contribution in [3.63, 3.8) is 0 Å². The summed E-state index contributed by atoms with van der Waals surface area (Å²) in [4.78, 5) is 0. The highest BCUT2D eigenvalue weighted by Gasteiger charge is 2.14. The van der Waals surface area contributed by atoms with E-state index < -0.39 is 0 Å². The van der Waals surface area contributed by atoms with Gasteiger partial charge in [-0.15, -0.1) is 0 Å². The van der Waals surface area contributed by atoms with Crippen molar-refractivity contribution in [3.8, 4) is 0 Å². The molecule has 3 heteroatoms. The van der Waals surface area contributed by atoms with Crippen molar-refractivity contribution >= 4 is 23.2 Å². The predicted molar refractivity (Wildman–Crippen MR) is 87.5 cm³/mol. The molecule has 0 aliphatic heterocycles. The van der Waals surface area contributed by atoms with E-state index in [-0.39, 0.29) is 6.04 Å². The highest BCUT2D eigenvalue weighted by Crippen LogP contribution is 2.32. The Bertz CT molecular complexity index is 593. The lowest BCUT2D eigenvalue weighted by molar-refractivity contribution is 0.646. The smallest absolute Gasteiger partial charge is 0.0643 e. The molecule has 20 heavy (non-hydrogen) atoms. The van der Waals surface area contributed by atoms with Gasteiger partial charge in [-0.2, -0.15) is 0 Å². The first-order chi connectivity index (χ1) is 9.49. The Balaban J connectivity index is 2.33. The van der Waals surface area contributed by atoms with Gasteiger partial charge in [0.2, 0.25) is 0 Å². The van der Waals surface area contributed by atoms with Crippen LogP contribution in [0.15, 0.2) is 42.5 Å². The van der Waals surface area contributed by atoms with Gasteiger partial charge in [-0.05, 0) is 35.1 Å². The minimum atomic E-state index is -0.256. The van der Waals surface area contributed by atoms with E-state index >= 15 is 0 Å². The third-order valence-corrected chi connectivity index (χ3v) is 4.10. The predicted octanol–water partition coefficient (Wildman–Crippen LogP) is 5.24. The van der Waals surface area contributed by atoms with Gasteiger partial charge < -0.3 is 5.73 Å². The molecule has 1 unspecified atom stereocenters. The van der Waals surface area contributed by atoms with E-state index in [9.17, 15) is 0 Å². The molecule has 0 bridgehead atoms. The third-order valence-electron chi connectivity index (χ3n) is 3.27. The Morgan fingerprint density at radius 1 is 1.05 bits per heavy atom. The van der Waals surface area contributed by atoms with Gasteiger partial charge in [0.05, 0.1) is 16.1 Å². The van der Waals surface area contributed by atoms with Crippen LogP contribution in [0, 0.1) is 5.92 Å². The fourth-order valence-corrected chi connectivity index (χ4v) is 2.75. The third kappa shape index (κ3) is 3.54. The van der Waals surface area contributed by atoms with Crippen LogP contribution < -0.4 is 5.73 Å². The molecule has 0 heterocycles. The number of hydrogen-bond acceptors (Lipinski definition) is 1. The Labute approximate surface area is 130 Å². The fourth-order valence-electron chi connectivity index (χ4n) is 2.33. The molecule has 0 aromatic heterocycles. The summed E-state index contributed by atoms with van der Waals surface area (Å²) < 4.78 is 0. The second-order valence-corrected chi connectivity index (χ2v) is 6.25. The first kappa shape index (κ1) is 15.4. The largest absolute Gasteiger partial charge is 0.320 e. The summed E-state index contributed by atoms with van der Waals surface area (Å²) in [5, 5.41) is 1.08. The Hall–Kier alpha value is -1.02. The molecule has 0 saturated heterocycles. The van der Waals surface area contributed by atoms with Crippen LogP contribution in [0.1, 0.15) is 36.6 Å². The van der Waals surface area contributed by atoms with Gasteiger partial charge in [-0.1, -0.05) is 73.4 Å². The zero-order valence-electron chi connectivity index (χ0n) is 11.7. The van der Waals surface area contributed by atoms with Crippen LogP contribution in [0.3, 0.4) is 0 Å². The van der Waals surface area contributed by atoms with Crippen molar-refractivity contribution in [2.24, 2.45) is 11.7 Å². The maximum Gasteiger partial charge on any atom is 0.0643 e. The molecule has 0 amide bonds. The molecular weight excluding hydrogens is 289 g/mol. The molecule has 1 nitrogen and oxygen atoms in total. The molecule has 0 fully saturated rings. The Morgan fingerprint density at radius 3 is 2.45 bits per heavy atom. The topological polar surface area (TPSA) is 26.0 Å². The lowest BCUT2D eigenvalue weighted by atomic mass is 9.95. The highest BCUT2D eigenvalue weighted by molar-refractivity contribution is 6.42.